The summed E-state index contributed by atoms with van der Waals surface area (Å²) in [5.74, 6) is -0.0240. The smallest absolute Gasteiger partial charge is 0.238 e. The highest BCUT2D eigenvalue weighted by Gasteiger charge is 2.12. The van der Waals surface area contributed by atoms with Gasteiger partial charge in [0.25, 0.3) is 0 Å². The van der Waals surface area contributed by atoms with Crippen LogP contribution in [0.25, 0.3) is 0 Å². The van der Waals surface area contributed by atoms with Gasteiger partial charge in [-0.15, -0.1) is 0 Å². The number of amides is 1. The maximum absolute atomic E-state index is 11.5. The molecule has 4 heteroatoms. The van der Waals surface area contributed by atoms with Crippen molar-refractivity contribution in [2.45, 2.75) is 19.4 Å². The molecule has 82 valence electrons. The lowest BCUT2D eigenvalue weighted by Crippen LogP contribution is -2.40. The second-order valence-corrected chi connectivity index (χ2v) is 3.65. The topological polar surface area (TPSA) is 59.2 Å². The van der Waals surface area contributed by atoms with E-state index in [-0.39, 0.29) is 5.91 Å². The molecule has 0 bridgehead atoms. The first-order chi connectivity index (χ1) is 7.11. The van der Waals surface area contributed by atoms with Gasteiger partial charge in [0.05, 0.1) is 6.04 Å². The molecule has 1 heterocycles. The van der Waals surface area contributed by atoms with Crippen molar-refractivity contribution in [2.24, 2.45) is 5.73 Å². The second-order valence-electron chi connectivity index (χ2n) is 3.65. The minimum atomic E-state index is -0.424. The Morgan fingerprint density at radius 2 is 2.13 bits per heavy atom. The summed E-state index contributed by atoms with van der Waals surface area (Å²) in [6, 6.07) is 3.47. The number of pyridine rings is 1. The fourth-order valence-corrected chi connectivity index (χ4v) is 1.30. The van der Waals surface area contributed by atoms with Gasteiger partial charge in [0, 0.05) is 26.0 Å². The lowest BCUT2D eigenvalue weighted by molar-refractivity contribution is -0.130. The summed E-state index contributed by atoms with van der Waals surface area (Å²) >= 11 is 0. The van der Waals surface area contributed by atoms with Crippen LogP contribution in [0.4, 0.5) is 0 Å². The van der Waals surface area contributed by atoms with Crippen LogP contribution in [-0.2, 0) is 11.2 Å². The van der Waals surface area contributed by atoms with E-state index >= 15 is 0 Å². The molecule has 1 atom stereocenters. The first kappa shape index (κ1) is 11.7. The van der Waals surface area contributed by atoms with Gasteiger partial charge in [0.15, 0.2) is 0 Å². The molecule has 0 aliphatic rings. The average Bonchev–Trinajstić information content (AvgIpc) is 2.26. The zero-order valence-corrected chi connectivity index (χ0v) is 9.18. The average molecular weight is 207 g/mol. The number of carbonyl (C=O) groups is 1. The van der Waals surface area contributed by atoms with Crippen molar-refractivity contribution in [1.82, 2.24) is 9.88 Å². The van der Waals surface area contributed by atoms with E-state index in [0.717, 1.165) is 6.42 Å². The highest BCUT2D eigenvalue weighted by Crippen LogP contribution is 1.99. The van der Waals surface area contributed by atoms with E-state index in [1.54, 1.807) is 31.3 Å². The Hall–Kier alpha value is -1.42. The maximum atomic E-state index is 11.5. The van der Waals surface area contributed by atoms with Crippen LogP contribution < -0.4 is 5.73 Å². The molecule has 1 aromatic rings. The number of hydrogen-bond acceptors (Lipinski definition) is 3. The normalized spacial score (nSPS) is 12.2. The Morgan fingerprint density at radius 1 is 1.53 bits per heavy atom. The predicted molar refractivity (Wildman–Crippen MR) is 59.2 cm³/mol. The summed E-state index contributed by atoms with van der Waals surface area (Å²) in [6.45, 7) is 2.38. The van der Waals surface area contributed by atoms with Gasteiger partial charge in [-0.1, -0.05) is 0 Å². The fourth-order valence-electron chi connectivity index (χ4n) is 1.30. The third-order valence-electron chi connectivity index (χ3n) is 2.25. The van der Waals surface area contributed by atoms with Gasteiger partial charge in [-0.2, -0.15) is 0 Å². The molecule has 2 N–H and O–H groups in total. The minimum Gasteiger partial charge on any atom is -0.344 e. The maximum Gasteiger partial charge on any atom is 0.238 e. The Balaban J connectivity index is 2.41. The van der Waals surface area contributed by atoms with E-state index in [1.165, 1.54) is 5.56 Å². The molecular weight excluding hydrogens is 190 g/mol. The second kappa shape index (κ2) is 5.46. The molecule has 0 fully saturated rings. The minimum absolute atomic E-state index is 0.0240. The molecule has 0 saturated heterocycles. The van der Waals surface area contributed by atoms with Gasteiger partial charge < -0.3 is 10.6 Å². The molecule has 0 aliphatic carbocycles. The largest absolute Gasteiger partial charge is 0.344 e. The molecule has 1 amide bonds. The van der Waals surface area contributed by atoms with Crippen molar-refractivity contribution in [3.05, 3.63) is 30.1 Å². The van der Waals surface area contributed by atoms with E-state index in [0.29, 0.717) is 6.54 Å². The molecule has 0 aromatic carbocycles. The number of aromatic nitrogens is 1. The Kier molecular flexibility index (Phi) is 4.24. The van der Waals surface area contributed by atoms with Crippen LogP contribution in [0.1, 0.15) is 12.5 Å². The van der Waals surface area contributed by atoms with E-state index in [1.807, 2.05) is 12.1 Å². The van der Waals surface area contributed by atoms with Crippen LogP contribution in [0.15, 0.2) is 24.5 Å². The number of carbonyl (C=O) groups excluding carboxylic acids is 1. The molecule has 0 unspecified atom stereocenters. The molecule has 4 nitrogen and oxygen atoms in total. The molecule has 0 aliphatic heterocycles. The van der Waals surface area contributed by atoms with Crippen LogP contribution in [0.2, 0.25) is 0 Å². The first-order valence-corrected chi connectivity index (χ1v) is 5.00. The molecular formula is C11H17N3O. The summed E-state index contributed by atoms with van der Waals surface area (Å²) in [4.78, 5) is 17.0. The molecule has 0 saturated carbocycles. The number of rotatable bonds is 4. The van der Waals surface area contributed by atoms with Crippen LogP contribution in [0, 0.1) is 0 Å². The van der Waals surface area contributed by atoms with Gasteiger partial charge in [-0.05, 0) is 31.0 Å². The lowest BCUT2D eigenvalue weighted by atomic mass is 10.2. The van der Waals surface area contributed by atoms with E-state index in [2.05, 4.69) is 4.98 Å². The van der Waals surface area contributed by atoms with Gasteiger partial charge in [0.2, 0.25) is 5.91 Å². The first-order valence-electron chi connectivity index (χ1n) is 5.00. The summed E-state index contributed by atoms with van der Waals surface area (Å²) in [5.41, 5.74) is 6.68. The van der Waals surface area contributed by atoms with Crippen LogP contribution in [0.5, 0.6) is 0 Å². The molecule has 1 rings (SSSR count). The zero-order chi connectivity index (χ0) is 11.3. The van der Waals surface area contributed by atoms with Crippen LogP contribution in [-0.4, -0.2) is 35.4 Å². The van der Waals surface area contributed by atoms with Crippen molar-refractivity contribution >= 4 is 5.91 Å². The lowest BCUT2D eigenvalue weighted by Gasteiger charge is -2.19. The van der Waals surface area contributed by atoms with E-state index in [4.69, 9.17) is 5.73 Å². The highest BCUT2D eigenvalue weighted by atomic mass is 16.2. The predicted octanol–water partition coefficient (Wildman–Crippen LogP) is 0.430. The van der Waals surface area contributed by atoms with E-state index < -0.39 is 6.04 Å². The Morgan fingerprint density at radius 3 is 2.67 bits per heavy atom. The third-order valence-corrected chi connectivity index (χ3v) is 2.25. The van der Waals surface area contributed by atoms with Crippen molar-refractivity contribution in [3.63, 3.8) is 0 Å². The standard InChI is InChI=1S/C11H17N3O/c1-9(12)11(15)14(2)8-5-10-3-6-13-7-4-10/h3-4,6-7,9H,5,8,12H2,1-2H3/t9-/m0/s1. The van der Waals surface area contributed by atoms with Gasteiger partial charge in [-0.3, -0.25) is 9.78 Å². The van der Waals surface area contributed by atoms with Crippen molar-refractivity contribution in [2.75, 3.05) is 13.6 Å². The number of hydrogen-bond donors (Lipinski definition) is 1. The molecule has 1 aromatic heterocycles. The molecule has 0 radical (unpaired) electrons. The summed E-state index contributed by atoms with van der Waals surface area (Å²) in [7, 11) is 1.77. The van der Waals surface area contributed by atoms with Crippen molar-refractivity contribution in [3.8, 4) is 0 Å². The Bertz CT molecular complexity index is 311. The number of nitrogens with zero attached hydrogens (tertiary/aromatic N) is 2. The summed E-state index contributed by atoms with van der Waals surface area (Å²) in [5, 5.41) is 0. The third kappa shape index (κ3) is 3.67. The van der Waals surface area contributed by atoms with Gasteiger partial charge >= 0.3 is 0 Å². The highest BCUT2D eigenvalue weighted by molar-refractivity contribution is 5.80. The summed E-state index contributed by atoms with van der Waals surface area (Å²) in [6.07, 6.45) is 4.34. The van der Waals surface area contributed by atoms with Crippen LogP contribution >= 0.6 is 0 Å². The molecule has 0 spiro atoms. The van der Waals surface area contributed by atoms with Crippen molar-refractivity contribution < 1.29 is 4.79 Å². The van der Waals surface area contributed by atoms with Gasteiger partial charge in [0.1, 0.15) is 0 Å². The number of likely N-dealkylation sites (N-methyl/N-ethyl adjacent to an activating group) is 1. The van der Waals surface area contributed by atoms with Crippen LogP contribution in [0.3, 0.4) is 0 Å². The van der Waals surface area contributed by atoms with Gasteiger partial charge in [-0.25, -0.2) is 0 Å². The fraction of sp³-hybridized carbons (Fsp3) is 0.455. The number of nitrogens with two attached hydrogens (primary N) is 1. The monoisotopic (exact) mass is 207 g/mol. The Labute approximate surface area is 90.1 Å². The van der Waals surface area contributed by atoms with Crippen molar-refractivity contribution in [1.29, 1.82) is 0 Å². The van der Waals surface area contributed by atoms with E-state index in [9.17, 15) is 4.79 Å². The molecule has 15 heavy (non-hydrogen) atoms. The SMILES string of the molecule is C[C@H](N)C(=O)N(C)CCc1ccncc1. The zero-order valence-electron chi connectivity index (χ0n) is 9.18. The quantitative estimate of drug-likeness (QED) is 0.779. The summed E-state index contributed by atoms with van der Waals surface area (Å²) < 4.78 is 0.